The molecule has 0 aliphatic heterocycles. The number of sulfonamides is 1. The summed E-state index contributed by atoms with van der Waals surface area (Å²) in [6.07, 6.45) is 2.56. The van der Waals surface area contributed by atoms with Crippen LogP contribution in [0.3, 0.4) is 0 Å². The molecule has 1 atom stereocenters. The molecule has 0 spiro atoms. The lowest BCUT2D eigenvalue weighted by atomic mass is 9.99. The molecule has 1 aromatic carbocycles. The van der Waals surface area contributed by atoms with E-state index in [9.17, 15) is 8.42 Å². The Bertz CT molecular complexity index is 692. The predicted molar refractivity (Wildman–Crippen MR) is 80.2 cm³/mol. The molecule has 6 nitrogen and oxygen atoms in total. The van der Waals surface area contributed by atoms with Crippen LogP contribution in [-0.2, 0) is 23.6 Å². The topological polar surface area (TPSA) is 76.9 Å². The lowest BCUT2D eigenvalue weighted by molar-refractivity contribution is 0.577. The molecule has 0 saturated carbocycles. The van der Waals surface area contributed by atoms with Crippen LogP contribution in [0.1, 0.15) is 37.6 Å². The average Bonchev–Trinajstić information content (AvgIpc) is 2.90. The molecule has 0 saturated heterocycles. The molecule has 2 aromatic rings. The third-order valence-corrected chi connectivity index (χ3v) is 5.01. The van der Waals surface area contributed by atoms with Crippen LogP contribution in [-0.4, -0.2) is 23.2 Å². The summed E-state index contributed by atoms with van der Waals surface area (Å²) in [5, 5.41) is 7.56. The summed E-state index contributed by atoms with van der Waals surface area (Å²) < 4.78 is 28.6. The van der Waals surface area contributed by atoms with Gasteiger partial charge < -0.3 is 4.57 Å². The molecule has 1 aromatic heterocycles. The summed E-state index contributed by atoms with van der Waals surface area (Å²) in [6.45, 7) is 4.35. The molecule has 2 rings (SSSR count). The van der Waals surface area contributed by atoms with Gasteiger partial charge in [0.1, 0.15) is 12.2 Å². The maximum absolute atomic E-state index is 12.2. The van der Waals surface area contributed by atoms with Crippen LogP contribution in [0.4, 0.5) is 0 Å². The number of rotatable bonds is 6. The molecule has 7 heteroatoms. The van der Waals surface area contributed by atoms with Gasteiger partial charge in [-0.15, -0.1) is 10.2 Å². The van der Waals surface area contributed by atoms with Gasteiger partial charge in [0, 0.05) is 7.05 Å². The third-order valence-electron chi connectivity index (χ3n) is 3.60. The highest BCUT2D eigenvalue weighted by atomic mass is 32.2. The normalized spacial score (nSPS) is 13.3. The van der Waals surface area contributed by atoms with Crippen LogP contribution in [0.15, 0.2) is 35.5 Å². The van der Waals surface area contributed by atoms with E-state index in [4.69, 9.17) is 0 Å². The van der Waals surface area contributed by atoms with Gasteiger partial charge in [-0.05, 0) is 30.0 Å². The van der Waals surface area contributed by atoms with Crippen molar-refractivity contribution in [2.24, 2.45) is 7.05 Å². The van der Waals surface area contributed by atoms with E-state index in [2.05, 4.69) is 28.8 Å². The molecule has 114 valence electrons. The van der Waals surface area contributed by atoms with Gasteiger partial charge in [0.15, 0.2) is 0 Å². The van der Waals surface area contributed by atoms with Crippen LogP contribution in [0.2, 0.25) is 0 Å². The second-order valence-electron chi connectivity index (χ2n) is 5.06. The van der Waals surface area contributed by atoms with E-state index in [0.717, 1.165) is 12.0 Å². The molecule has 0 amide bonds. The van der Waals surface area contributed by atoms with Crippen LogP contribution in [0.5, 0.6) is 0 Å². The molecule has 1 N–H and O–H groups in total. The number of aromatic nitrogens is 3. The maximum Gasteiger partial charge on any atom is 0.240 e. The van der Waals surface area contributed by atoms with Gasteiger partial charge in [0.2, 0.25) is 10.0 Å². The highest BCUT2D eigenvalue weighted by Crippen LogP contribution is 2.20. The summed E-state index contributed by atoms with van der Waals surface area (Å²) in [4.78, 5) is 0.261. The predicted octanol–water partition coefficient (Wildman–Crippen LogP) is 1.81. The molecular weight excluding hydrogens is 288 g/mol. The molecule has 0 bridgehead atoms. The number of aryl methyl sites for hydroxylation is 1. The fourth-order valence-corrected chi connectivity index (χ4v) is 2.90. The minimum Gasteiger partial charge on any atom is -0.320 e. The van der Waals surface area contributed by atoms with Gasteiger partial charge in [-0.1, -0.05) is 26.0 Å². The van der Waals surface area contributed by atoms with Crippen molar-refractivity contribution in [3.8, 4) is 0 Å². The Balaban J connectivity index is 2.10. The second kappa shape index (κ2) is 6.36. The SMILES string of the molecule is CCC(C)c1ccc(S(=O)(=O)NCc2nncn2C)cc1. The Labute approximate surface area is 125 Å². The van der Waals surface area contributed by atoms with Gasteiger partial charge >= 0.3 is 0 Å². The molecule has 1 heterocycles. The first-order chi connectivity index (χ1) is 9.94. The Morgan fingerprint density at radius 2 is 1.95 bits per heavy atom. The van der Waals surface area contributed by atoms with Crippen molar-refractivity contribution < 1.29 is 8.42 Å². The Kier molecular flexibility index (Phi) is 4.74. The van der Waals surface area contributed by atoms with E-state index in [1.807, 2.05) is 12.1 Å². The Hall–Kier alpha value is -1.73. The molecule has 1 unspecified atom stereocenters. The van der Waals surface area contributed by atoms with Gasteiger partial charge in [-0.25, -0.2) is 13.1 Å². The summed E-state index contributed by atoms with van der Waals surface area (Å²) >= 11 is 0. The van der Waals surface area contributed by atoms with Gasteiger partial charge in [0.25, 0.3) is 0 Å². The minimum absolute atomic E-state index is 0.117. The highest BCUT2D eigenvalue weighted by molar-refractivity contribution is 7.89. The molecule has 0 aliphatic carbocycles. The van der Waals surface area contributed by atoms with E-state index in [1.165, 1.54) is 6.33 Å². The summed E-state index contributed by atoms with van der Waals surface area (Å²) in [6, 6.07) is 7.01. The summed E-state index contributed by atoms with van der Waals surface area (Å²) in [7, 11) is -1.77. The maximum atomic E-state index is 12.2. The zero-order valence-corrected chi connectivity index (χ0v) is 13.3. The quantitative estimate of drug-likeness (QED) is 0.883. The molecule has 0 fully saturated rings. The number of hydrogen-bond acceptors (Lipinski definition) is 4. The standard InChI is InChI=1S/C14H20N4O2S/c1-4-11(2)12-5-7-13(8-6-12)21(19,20)16-9-14-17-15-10-18(14)3/h5-8,10-11,16H,4,9H2,1-3H3. The van der Waals surface area contributed by atoms with Crippen LogP contribution in [0.25, 0.3) is 0 Å². The van der Waals surface area contributed by atoms with E-state index in [-0.39, 0.29) is 11.4 Å². The summed E-state index contributed by atoms with van der Waals surface area (Å²) in [5.41, 5.74) is 1.14. The van der Waals surface area contributed by atoms with E-state index in [1.54, 1.807) is 23.7 Å². The van der Waals surface area contributed by atoms with Crippen molar-refractivity contribution in [1.29, 1.82) is 0 Å². The van der Waals surface area contributed by atoms with E-state index >= 15 is 0 Å². The minimum atomic E-state index is -3.53. The first kappa shape index (κ1) is 15.7. The zero-order valence-electron chi connectivity index (χ0n) is 12.4. The molecule has 21 heavy (non-hydrogen) atoms. The van der Waals surface area contributed by atoms with Crippen molar-refractivity contribution in [1.82, 2.24) is 19.5 Å². The average molecular weight is 308 g/mol. The van der Waals surface area contributed by atoms with Crippen molar-refractivity contribution in [3.63, 3.8) is 0 Å². The van der Waals surface area contributed by atoms with E-state index < -0.39 is 10.0 Å². The van der Waals surface area contributed by atoms with Gasteiger partial charge in [-0.3, -0.25) is 0 Å². The second-order valence-corrected chi connectivity index (χ2v) is 6.83. The smallest absolute Gasteiger partial charge is 0.240 e. The number of hydrogen-bond donors (Lipinski definition) is 1. The number of nitrogens with zero attached hydrogens (tertiary/aromatic N) is 3. The largest absolute Gasteiger partial charge is 0.320 e. The molecule has 0 radical (unpaired) electrons. The lowest BCUT2D eigenvalue weighted by Crippen LogP contribution is -2.24. The van der Waals surface area contributed by atoms with Gasteiger partial charge in [-0.2, -0.15) is 0 Å². The summed E-state index contributed by atoms with van der Waals surface area (Å²) in [5.74, 6) is 0.989. The third kappa shape index (κ3) is 3.68. The lowest BCUT2D eigenvalue weighted by Gasteiger charge is -2.10. The van der Waals surface area contributed by atoms with Crippen molar-refractivity contribution in [3.05, 3.63) is 42.0 Å². The molecule has 0 aliphatic rings. The fourth-order valence-electron chi connectivity index (χ4n) is 1.92. The van der Waals surface area contributed by atoms with Crippen molar-refractivity contribution in [2.45, 2.75) is 37.6 Å². The van der Waals surface area contributed by atoms with Crippen LogP contribution in [0, 0.1) is 0 Å². The first-order valence-electron chi connectivity index (χ1n) is 6.86. The number of benzene rings is 1. The van der Waals surface area contributed by atoms with Crippen LogP contribution >= 0.6 is 0 Å². The fraction of sp³-hybridized carbons (Fsp3) is 0.429. The van der Waals surface area contributed by atoms with Crippen LogP contribution < -0.4 is 4.72 Å². The van der Waals surface area contributed by atoms with Crippen molar-refractivity contribution >= 4 is 10.0 Å². The number of nitrogens with one attached hydrogen (secondary N) is 1. The first-order valence-corrected chi connectivity index (χ1v) is 8.35. The monoisotopic (exact) mass is 308 g/mol. The Morgan fingerprint density at radius 3 is 2.48 bits per heavy atom. The van der Waals surface area contributed by atoms with E-state index in [0.29, 0.717) is 11.7 Å². The van der Waals surface area contributed by atoms with Gasteiger partial charge in [0.05, 0.1) is 11.4 Å². The van der Waals surface area contributed by atoms with Crippen molar-refractivity contribution in [2.75, 3.05) is 0 Å². The zero-order chi connectivity index (χ0) is 15.5. The Morgan fingerprint density at radius 1 is 1.29 bits per heavy atom. The highest BCUT2D eigenvalue weighted by Gasteiger charge is 2.15. The molecular formula is C14H20N4O2S.